The second-order valence-corrected chi connectivity index (χ2v) is 8.42. The second kappa shape index (κ2) is 6.91. The number of anilines is 1. The van der Waals surface area contributed by atoms with Crippen molar-refractivity contribution in [3.05, 3.63) is 47.3 Å². The fraction of sp³-hybridized carbons (Fsp3) is 0.353. The summed E-state index contributed by atoms with van der Waals surface area (Å²) in [5.74, 6) is -0.668. The molecular formula is C17H19N3O5S. The average molecular weight is 377 g/mol. The van der Waals surface area contributed by atoms with E-state index in [9.17, 15) is 18.0 Å². The molecule has 26 heavy (non-hydrogen) atoms. The van der Waals surface area contributed by atoms with E-state index in [2.05, 4.69) is 15.2 Å². The quantitative estimate of drug-likeness (QED) is 0.811. The van der Waals surface area contributed by atoms with Crippen molar-refractivity contribution in [2.45, 2.75) is 19.4 Å². The number of aromatic nitrogens is 2. The highest BCUT2D eigenvalue weighted by Gasteiger charge is 2.31. The van der Waals surface area contributed by atoms with E-state index in [1.54, 1.807) is 41.9 Å². The summed E-state index contributed by atoms with van der Waals surface area (Å²) in [5.41, 5.74) is 1.84. The van der Waals surface area contributed by atoms with E-state index in [0.717, 1.165) is 5.69 Å². The summed E-state index contributed by atoms with van der Waals surface area (Å²) in [6, 6.07) is 7.68. The predicted molar refractivity (Wildman–Crippen MR) is 95.0 cm³/mol. The lowest BCUT2D eigenvalue weighted by Crippen LogP contribution is -2.16. The zero-order valence-electron chi connectivity index (χ0n) is 14.4. The van der Waals surface area contributed by atoms with E-state index in [-0.39, 0.29) is 23.2 Å². The van der Waals surface area contributed by atoms with Gasteiger partial charge in [0.05, 0.1) is 30.2 Å². The monoisotopic (exact) mass is 377 g/mol. The first-order valence-electron chi connectivity index (χ1n) is 8.05. The Morgan fingerprint density at radius 1 is 1.27 bits per heavy atom. The number of aryl methyl sites for hydroxylation is 1. The van der Waals surface area contributed by atoms with Crippen molar-refractivity contribution in [3.8, 4) is 0 Å². The highest BCUT2D eigenvalue weighted by Crippen LogP contribution is 2.25. The third-order valence-electron chi connectivity index (χ3n) is 4.27. The molecule has 9 heteroatoms. The molecule has 0 radical (unpaired) electrons. The van der Waals surface area contributed by atoms with Gasteiger partial charge in [-0.1, -0.05) is 0 Å². The van der Waals surface area contributed by atoms with Crippen molar-refractivity contribution >= 4 is 27.4 Å². The molecule has 0 aliphatic carbocycles. The Hall–Kier alpha value is -2.68. The molecule has 138 valence electrons. The summed E-state index contributed by atoms with van der Waals surface area (Å²) >= 11 is 0. The van der Waals surface area contributed by atoms with Gasteiger partial charge in [-0.2, -0.15) is 5.10 Å². The van der Waals surface area contributed by atoms with Gasteiger partial charge >= 0.3 is 5.97 Å². The third kappa shape index (κ3) is 3.77. The zero-order valence-corrected chi connectivity index (χ0v) is 15.2. The molecule has 1 amide bonds. The minimum Gasteiger partial charge on any atom is -0.465 e. The highest BCUT2D eigenvalue weighted by atomic mass is 32.2. The first-order valence-corrected chi connectivity index (χ1v) is 9.87. The van der Waals surface area contributed by atoms with Gasteiger partial charge in [-0.05, 0) is 43.7 Å². The van der Waals surface area contributed by atoms with Gasteiger partial charge in [-0.3, -0.25) is 9.48 Å². The Labute approximate surface area is 151 Å². The van der Waals surface area contributed by atoms with Crippen molar-refractivity contribution < 1.29 is 22.7 Å². The standard InChI is InChI=1S/C17H19N3O5S/c1-11-9-15(19-20(11)14-7-8-26(23,24)10-14)16(21)18-13-5-3-12(4-6-13)17(22)25-2/h3-6,9,14H,7-8,10H2,1-2H3,(H,18,21). The molecule has 0 bridgehead atoms. The zero-order chi connectivity index (χ0) is 18.9. The van der Waals surface area contributed by atoms with E-state index in [4.69, 9.17) is 0 Å². The van der Waals surface area contributed by atoms with Gasteiger partial charge in [0.15, 0.2) is 15.5 Å². The lowest BCUT2D eigenvalue weighted by atomic mass is 10.2. The summed E-state index contributed by atoms with van der Waals surface area (Å²) in [6.45, 7) is 1.79. The summed E-state index contributed by atoms with van der Waals surface area (Å²) in [5, 5.41) is 6.98. The lowest BCUT2D eigenvalue weighted by Gasteiger charge is -2.10. The number of hydrogen-bond donors (Lipinski definition) is 1. The van der Waals surface area contributed by atoms with Crippen LogP contribution in [0.15, 0.2) is 30.3 Å². The first kappa shape index (κ1) is 18.1. The van der Waals surface area contributed by atoms with Crippen LogP contribution >= 0.6 is 0 Å². The molecule has 1 aromatic carbocycles. The molecule has 1 aliphatic heterocycles. The maximum absolute atomic E-state index is 12.4. The molecule has 0 saturated carbocycles. The summed E-state index contributed by atoms with van der Waals surface area (Å²) in [4.78, 5) is 23.8. The topological polar surface area (TPSA) is 107 Å². The van der Waals surface area contributed by atoms with Gasteiger partial charge in [0.1, 0.15) is 0 Å². The fourth-order valence-electron chi connectivity index (χ4n) is 2.94. The van der Waals surface area contributed by atoms with Crippen molar-refractivity contribution in [1.82, 2.24) is 9.78 Å². The number of amides is 1. The Morgan fingerprint density at radius 3 is 2.54 bits per heavy atom. The van der Waals surface area contributed by atoms with E-state index < -0.39 is 21.7 Å². The van der Waals surface area contributed by atoms with Crippen molar-refractivity contribution in [3.63, 3.8) is 0 Å². The van der Waals surface area contributed by atoms with Gasteiger partial charge in [0, 0.05) is 11.4 Å². The van der Waals surface area contributed by atoms with Gasteiger partial charge in [0.2, 0.25) is 0 Å². The van der Waals surface area contributed by atoms with Crippen LogP contribution in [0.3, 0.4) is 0 Å². The number of ether oxygens (including phenoxy) is 1. The van der Waals surface area contributed by atoms with Crippen LogP contribution in [0, 0.1) is 6.92 Å². The molecule has 3 rings (SSSR count). The number of nitrogens with zero attached hydrogens (tertiary/aromatic N) is 2. The minimum absolute atomic E-state index is 0.0472. The van der Waals surface area contributed by atoms with Crippen LogP contribution in [0.1, 0.15) is 39.0 Å². The number of rotatable bonds is 4. The Morgan fingerprint density at radius 2 is 1.96 bits per heavy atom. The molecule has 1 atom stereocenters. The van der Waals surface area contributed by atoms with Crippen LogP contribution in [0.4, 0.5) is 5.69 Å². The smallest absolute Gasteiger partial charge is 0.337 e. The molecule has 8 nitrogen and oxygen atoms in total. The molecule has 1 aliphatic rings. The molecular weight excluding hydrogens is 358 g/mol. The summed E-state index contributed by atoms with van der Waals surface area (Å²) in [6.07, 6.45) is 0.501. The van der Waals surface area contributed by atoms with Crippen molar-refractivity contribution in [2.75, 3.05) is 23.9 Å². The molecule has 1 unspecified atom stereocenters. The molecule has 1 saturated heterocycles. The maximum Gasteiger partial charge on any atom is 0.337 e. The first-order chi connectivity index (χ1) is 12.3. The lowest BCUT2D eigenvalue weighted by molar-refractivity contribution is 0.0600. The number of hydrogen-bond acceptors (Lipinski definition) is 6. The van der Waals surface area contributed by atoms with Crippen LogP contribution in [-0.4, -0.2) is 48.7 Å². The number of benzene rings is 1. The molecule has 0 spiro atoms. The van der Waals surface area contributed by atoms with Gasteiger partial charge in [-0.15, -0.1) is 0 Å². The van der Waals surface area contributed by atoms with Crippen LogP contribution in [0.2, 0.25) is 0 Å². The second-order valence-electron chi connectivity index (χ2n) is 6.20. The SMILES string of the molecule is COC(=O)c1ccc(NC(=O)c2cc(C)n(C3CCS(=O)(=O)C3)n2)cc1. The van der Waals surface area contributed by atoms with E-state index in [1.165, 1.54) is 7.11 Å². The van der Waals surface area contributed by atoms with E-state index >= 15 is 0 Å². The predicted octanol–water partition coefficient (Wildman–Crippen LogP) is 1.59. The Kier molecular flexibility index (Phi) is 4.82. The Balaban J connectivity index is 1.73. The van der Waals surface area contributed by atoms with E-state index in [0.29, 0.717) is 17.7 Å². The van der Waals surface area contributed by atoms with Crippen LogP contribution in [0.25, 0.3) is 0 Å². The van der Waals surface area contributed by atoms with Crippen LogP contribution in [0.5, 0.6) is 0 Å². The summed E-state index contributed by atoms with van der Waals surface area (Å²) in [7, 11) is -1.73. The molecule has 1 fully saturated rings. The minimum atomic E-state index is -3.03. The Bertz CT molecular complexity index is 947. The molecule has 2 aromatic rings. The van der Waals surface area contributed by atoms with Gasteiger partial charge in [0.25, 0.3) is 5.91 Å². The number of carbonyl (C=O) groups excluding carboxylic acids is 2. The number of nitrogens with one attached hydrogen (secondary N) is 1. The molecule has 1 aromatic heterocycles. The number of esters is 1. The third-order valence-corrected chi connectivity index (χ3v) is 6.02. The molecule has 1 N–H and O–H groups in total. The van der Waals surface area contributed by atoms with Gasteiger partial charge in [-0.25, -0.2) is 13.2 Å². The normalized spacial score (nSPS) is 18.5. The maximum atomic E-state index is 12.4. The highest BCUT2D eigenvalue weighted by molar-refractivity contribution is 7.91. The van der Waals surface area contributed by atoms with Crippen LogP contribution in [-0.2, 0) is 14.6 Å². The average Bonchev–Trinajstić information content (AvgIpc) is 3.17. The van der Waals surface area contributed by atoms with Crippen molar-refractivity contribution in [2.24, 2.45) is 0 Å². The number of methoxy groups -OCH3 is 1. The largest absolute Gasteiger partial charge is 0.465 e. The summed E-state index contributed by atoms with van der Waals surface area (Å²) < 4.78 is 29.5. The molecule has 2 heterocycles. The van der Waals surface area contributed by atoms with Crippen molar-refractivity contribution in [1.29, 1.82) is 0 Å². The number of carbonyl (C=O) groups is 2. The van der Waals surface area contributed by atoms with Crippen LogP contribution < -0.4 is 5.32 Å². The van der Waals surface area contributed by atoms with Gasteiger partial charge < -0.3 is 10.1 Å². The fourth-order valence-corrected chi connectivity index (χ4v) is 4.63. The number of sulfone groups is 1. The van der Waals surface area contributed by atoms with E-state index in [1.807, 2.05) is 0 Å².